The van der Waals surface area contributed by atoms with E-state index in [-0.39, 0.29) is 16.2 Å². The van der Waals surface area contributed by atoms with Crippen LogP contribution in [0, 0.1) is 6.92 Å². The number of hydrogen-bond donors (Lipinski definition) is 1. The van der Waals surface area contributed by atoms with Crippen molar-refractivity contribution in [1.82, 2.24) is 9.78 Å². The minimum absolute atomic E-state index is 0.000304. The SMILES string of the molecule is CCn1cc(CS(=O)(=O)c2ccc(C)c(C(=O)O)c2)cn1. The number of carbonyl (C=O) groups is 1. The first-order valence-corrected chi connectivity index (χ1v) is 8.06. The summed E-state index contributed by atoms with van der Waals surface area (Å²) in [6, 6.07) is 4.14. The number of nitrogens with zero attached hydrogens (tertiary/aromatic N) is 2. The number of benzene rings is 1. The minimum Gasteiger partial charge on any atom is -0.478 e. The van der Waals surface area contributed by atoms with Crippen LogP contribution in [-0.4, -0.2) is 29.3 Å². The third-order valence-corrected chi connectivity index (χ3v) is 4.85. The molecule has 2 aromatic rings. The number of hydrogen-bond acceptors (Lipinski definition) is 4. The summed E-state index contributed by atoms with van der Waals surface area (Å²) in [5.74, 6) is -1.34. The standard InChI is InChI=1S/C14H16N2O4S/c1-3-16-8-11(7-15-16)9-21(19,20)12-5-4-10(2)13(6-12)14(17)18/h4-8H,3,9H2,1-2H3,(H,17,18). The lowest BCUT2D eigenvalue weighted by Gasteiger charge is -2.06. The van der Waals surface area contributed by atoms with Gasteiger partial charge in [0.2, 0.25) is 0 Å². The number of aryl methyl sites for hydroxylation is 2. The fourth-order valence-corrected chi connectivity index (χ4v) is 3.31. The lowest BCUT2D eigenvalue weighted by atomic mass is 10.1. The number of sulfone groups is 1. The molecular weight excluding hydrogens is 292 g/mol. The molecule has 6 nitrogen and oxygen atoms in total. The van der Waals surface area contributed by atoms with Gasteiger partial charge in [0.15, 0.2) is 9.84 Å². The van der Waals surface area contributed by atoms with Crippen molar-refractivity contribution >= 4 is 15.8 Å². The summed E-state index contributed by atoms with van der Waals surface area (Å²) >= 11 is 0. The van der Waals surface area contributed by atoms with E-state index in [4.69, 9.17) is 5.11 Å². The van der Waals surface area contributed by atoms with Crippen molar-refractivity contribution in [3.8, 4) is 0 Å². The predicted molar refractivity (Wildman–Crippen MR) is 76.9 cm³/mol. The number of carboxylic acids is 1. The van der Waals surface area contributed by atoms with Crippen LogP contribution >= 0.6 is 0 Å². The molecule has 0 radical (unpaired) electrons. The van der Waals surface area contributed by atoms with Crippen molar-refractivity contribution < 1.29 is 18.3 Å². The molecule has 0 saturated carbocycles. The van der Waals surface area contributed by atoms with E-state index in [2.05, 4.69) is 5.10 Å². The second kappa shape index (κ2) is 5.69. The Morgan fingerprint density at radius 3 is 2.67 bits per heavy atom. The lowest BCUT2D eigenvalue weighted by Crippen LogP contribution is -2.08. The molecular formula is C14H16N2O4S. The highest BCUT2D eigenvalue weighted by Crippen LogP contribution is 2.20. The Labute approximate surface area is 123 Å². The van der Waals surface area contributed by atoms with E-state index in [0.29, 0.717) is 17.7 Å². The predicted octanol–water partition coefficient (Wildman–Crippen LogP) is 1.88. The number of carboxylic acid groups (broad SMARTS) is 1. The molecule has 7 heteroatoms. The Morgan fingerprint density at radius 2 is 2.10 bits per heavy atom. The molecule has 1 heterocycles. The van der Waals surface area contributed by atoms with Crippen LogP contribution in [0.2, 0.25) is 0 Å². The highest BCUT2D eigenvalue weighted by atomic mass is 32.2. The molecule has 0 saturated heterocycles. The van der Waals surface area contributed by atoms with E-state index < -0.39 is 15.8 Å². The van der Waals surface area contributed by atoms with Gasteiger partial charge in [0.25, 0.3) is 0 Å². The van der Waals surface area contributed by atoms with E-state index in [0.717, 1.165) is 0 Å². The van der Waals surface area contributed by atoms with E-state index in [1.54, 1.807) is 17.8 Å². The average Bonchev–Trinajstić information content (AvgIpc) is 2.85. The first kappa shape index (κ1) is 15.2. The zero-order valence-corrected chi connectivity index (χ0v) is 12.6. The quantitative estimate of drug-likeness (QED) is 0.911. The third kappa shape index (κ3) is 3.30. The van der Waals surface area contributed by atoms with E-state index >= 15 is 0 Å². The summed E-state index contributed by atoms with van der Waals surface area (Å²) in [4.78, 5) is 11.1. The van der Waals surface area contributed by atoms with Gasteiger partial charge >= 0.3 is 5.97 Å². The van der Waals surface area contributed by atoms with Crippen molar-refractivity contribution in [2.45, 2.75) is 31.0 Å². The highest BCUT2D eigenvalue weighted by Gasteiger charge is 2.19. The van der Waals surface area contributed by atoms with E-state index in [1.165, 1.54) is 24.4 Å². The van der Waals surface area contributed by atoms with Crippen molar-refractivity contribution in [1.29, 1.82) is 0 Å². The highest BCUT2D eigenvalue weighted by molar-refractivity contribution is 7.90. The van der Waals surface area contributed by atoms with Crippen LogP contribution in [0.15, 0.2) is 35.5 Å². The van der Waals surface area contributed by atoms with Crippen LogP contribution in [0.25, 0.3) is 0 Å². The maximum atomic E-state index is 12.4. The fraction of sp³-hybridized carbons (Fsp3) is 0.286. The van der Waals surface area contributed by atoms with Crippen LogP contribution in [0.5, 0.6) is 0 Å². The van der Waals surface area contributed by atoms with Gasteiger partial charge in [0.1, 0.15) is 0 Å². The normalized spacial score (nSPS) is 11.5. The van der Waals surface area contributed by atoms with Crippen LogP contribution in [-0.2, 0) is 22.1 Å². The molecule has 112 valence electrons. The van der Waals surface area contributed by atoms with Crippen molar-refractivity contribution in [2.75, 3.05) is 0 Å². The maximum absolute atomic E-state index is 12.4. The molecule has 0 atom stereocenters. The molecule has 0 fully saturated rings. The van der Waals surface area contributed by atoms with Gasteiger partial charge in [-0.15, -0.1) is 0 Å². The van der Waals surface area contributed by atoms with Crippen molar-refractivity contribution in [3.63, 3.8) is 0 Å². The Bertz CT molecular complexity index is 778. The lowest BCUT2D eigenvalue weighted by molar-refractivity contribution is 0.0696. The van der Waals surface area contributed by atoms with Gasteiger partial charge in [0, 0.05) is 18.3 Å². The molecule has 0 aliphatic rings. The Hall–Kier alpha value is -2.15. The summed E-state index contributed by atoms with van der Waals surface area (Å²) in [5.41, 5.74) is 1.11. The molecule has 0 aliphatic heterocycles. The summed E-state index contributed by atoms with van der Waals surface area (Å²) < 4.78 is 26.4. The van der Waals surface area contributed by atoms with Crippen LogP contribution in [0.4, 0.5) is 0 Å². The second-order valence-electron chi connectivity index (χ2n) is 4.75. The van der Waals surface area contributed by atoms with Crippen LogP contribution in [0.1, 0.15) is 28.4 Å². The molecule has 0 amide bonds. The number of aromatic carboxylic acids is 1. The molecule has 21 heavy (non-hydrogen) atoms. The molecule has 1 N–H and O–H groups in total. The molecule has 1 aromatic carbocycles. The number of rotatable bonds is 5. The van der Waals surface area contributed by atoms with Gasteiger partial charge in [0.05, 0.1) is 22.4 Å². The first-order valence-electron chi connectivity index (χ1n) is 6.41. The van der Waals surface area contributed by atoms with Gasteiger partial charge in [-0.05, 0) is 31.5 Å². The third-order valence-electron chi connectivity index (χ3n) is 3.17. The smallest absolute Gasteiger partial charge is 0.335 e. The second-order valence-corrected chi connectivity index (χ2v) is 6.73. The summed E-state index contributed by atoms with van der Waals surface area (Å²) in [6.45, 7) is 4.20. The average molecular weight is 308 g/mol. The van der Waals surface area contributed by atoms with Crippen molar-refractivity contribution in [2.24, 2.45) is 0 Å². The fourth-order valence-electron chi connectivity index (χ4n) is 1.98. The van der Waals surface area contributed by atoms with E-state index in [1.807, 2.05) is 6.92 Å². The van der Waals surface area contributed by atoms with Gasteiger partial charge in [-0.25, -0.2) is 13.2 Å². The largest absolute Gasteiger partial charge is 0.478 e. The molecule has 0 aliphatic carbocycles. The molecule has 0 spiro atoms. The van der Waals surface area contributed by atoms with Gasteiger partial charge in [-0.2, -0.15) is 5.10 Å². The van der Waals surface area contributed by atoms with Crippen LogP contribution < -0.4 is 0 Å². The summed E-state index contributed by atoms with van der Waals surface area (Å²) in [7, 11) is -3.60. The zero-order valence-electron chi connectivity index (χ0n) is 11.8. The molecule has 2 rings (SSSR count). The van der Waals surface area contributed by atoms with Crippen LogP contribution in [0.3, 0.4) is 0 Å². The summed E-state index contributed by atoms with van der Waals surface area (Å²) in [5, 5.41) is 13.1. The topological polar surface area (TPSA) is 89.3 Å². The van der Waals surface area contributed by atoms with Gasteiger partial charge in [-0.1, -0.05) is 6.07 Å². The van der Waals surface area contributed by atoms with E-state index in [9.17, 15) is 13.2 Å². The summed E-state index contributed by atoms with van der Waals surface area (Å²) in [6.07, 6.45) is 3.18. The Morgan fingerprint density at radius 1 is 1.38 bits per heavy atom. The maximum Gasteiger partial charge on any atom is 0.335 e. The molecule has 1 aromatic heterocycles. The minimum atomic E-state index is -3.60. The number of aromatic nitrogens is 2. The first-order chi connectivity index (χ1) is 9.83. The molecule has 0 unspecified atom stereocenters. The Kier molecular flexibility index (Phi) is 4.13. The monoisotopic (exact) mass is 308 g/mol. The zero-order chi connectivity index (χ0) is 15.6. The van der Waals surface area contributed by atoms with Crippen molar-refractivity contribution in [3.05, 3.63) is 47.3 Å². The Balaban J connectivity index is 2.35. The van der Waals surface area contributed by atoms with Gasteiger partial charge < -0.3 is 5.11 Å². The molecule has 0 bridgehead atoms. The van der Waals surface area contributed by atoms with Gasteiger partial charge in [-0.3, -0.25) is 4.68 Å².